The molecule has 1 saturated heterocycles. The predicted octanol–water partition coefficient (Wildman–Crippen LogP) is 2.49. The van der Waals surface area contributed by atoms with E-state index in [1.54, 1.807) is 4.90 Å². The van der Waals surface area contributed by atoms with E-state index in [0.29, 0.717) is 18.1 Å². The summed E-state index contributed by atoms with van der Waals surface area (Å²) < 4.78 is 0. The standard InChI is InChI=1S/C11H13ClN2O/c1-7-5-8(2)10(9(12)6-7)14-4-3-13-11(14)15/h5-6H,3-4H2,1-2H3,(H,13,15). The lowest BCUT2D eigenvalue weighted by Gasteiger charge is -2.19. The van der Waals surface area contributed by atoms with Gasteiger partial charge in [-0.25, -0.2) is 4.79 Å². The lowest BCUT2D eigenvalue weighted by atomic mass is 10.1. The van der Waals surface area contributed by atoms with Crippen LogP contribution >= 0.6 is 11.6 Å². The van der Waals surface area contributed by atoms with Crippen molar-refractivity contribution in [3.05, 3.63) is 28.3 Å². The number of aryl methyl sites for hydroxylation is 2. The summed E-state index contributed by atoms with van der Waals surface area (Å²) in [6.45, 7) is 5.33. The molecular weight excluding hydrogens is 212 g/mol. The van der Waals surface area contributed by atoms with Gasteiger partial charge in [-0.3, -0.25) is 4.90 Å². The first-order valence-electron chi connectivity index (χ1n) is 4.91. The van der Waals surface area contributed by atoms with Crippen LogP contribution in [0, 0.1) is 13.8 Å². The van der Waals surface area contributed by atoms with Crippen LogP contribution in [0.5, 0.6) is 0 Å². The summed E-state index contributed by atoms with van der Waals surface area (Å²) in [5.41, 5.74) is 2.98. The van der Waals surface area contributed by atoms with Crippen LogP contribution in [0.1, 0.15) is 11.1 Å². The average Bonchev–Trinajstić information content (AvgIpc) is 2.50. The normalized spacial score (nSPS) is 15.7. The fourth-order valence-electron chi connectivity index (χ4n) is 1.93. The van der Waals surface area contributed by atoms with Crippen LogP contribution in [-0.4, -0.2) is 19.1 Å². The first-order chi connectivity index (χ1) is 7.09. The maximum atomic E-state index is 11.5. The van der Waals surface area contributed by atoms with Gasteiger partial charge >= 0.3 is 6.03 Å². The van der Waals surface area contributed by atoms with Crippen LogP contribution in [0.2, 0.25) is 5.02 Å². The zero-order chi connectivity index (χ0) is 11.0. The molecule has 1 N–H and O–H groups in total. The molecule has 0 atom stereocenters. The minimum atomic E-state index is -0.0659. The molecule has 1 aromatic rings. The summed E-state index contributed by atoms with van der Waals surface area (Å²) >= 11 is 6.16. The van der Waals surface area contributed by atoms with E-state index in [2.05, 4.69) is 5.32 Å². The number of halogens is 1. The Balaban J connectivity index is 2.47. The van der Waals surface area contributed by atoms with Crippen LogP contribution in [0.15, 0.2) is 12.1 Å². The summed E-state index contributed by atoms with van der Waals surface area (Å²) in [5, 5.41) is 3.41. The van der Waals surface area contributed by atoms with Gasteiger partial charge in [0.15, 0.2) is 0 Å². The Morgan fingerprint density at radius 1 is 1.40 bits per heavy atom. The third-order valence-corrected chi connectivity index (χ3v) is 2.81. The van der Waals surface area contributed by atoms with Crippen LogP contribution < -0.4 is 10.2 Å². The molecule has 1 aliphatic heterocycles. The van der Waals surface area contributed by atoms with Gasteiger partial charge in [-0.15, -0.1) is 0 Å². The van der Waals surface area contributed by atoms with E-state index in [4.69, 9.17) is 11.6 Å². The molecule has 2 amide bonds. The summed E-state index contributed by atoms with van der Waals surface area (Å²) in [6.07, 6.45) is 0. The fourth-order valence-corrected chi connectivity index (χ4v) is 2.36. The highest BCUT2D eigenvalue weighted by Crippen LogP contribution is 2.31. The topological polar surface area (TPSA) is 32.3 Å². The summed E-state index contributed by atoms with van der Waals surface area (Å²) in [4.78, 5) is 13.2. The van der Waals surface area contributed by atoms with Gasteiger partial charge in [0.05, 0.1) is 10.7 Å². The van der Waals surface area contributed by atoms with Crippen molar-refractivity contribution in [2.45, 2.75) is 13.8 Å². The van der Waals surface area contributed by atoms with E-state index in [0.717, 1.165) is 16.8 Å². The van der Waals surface area contributed by atoms with Crippen molar-refractivity contribution in [3.8, 4) is 0 Å². The van der Waals surface area contributed by atoms with Gasteiger partial charge in [-0.1, -0.05) is 17.7 Å². The number of hydrogen-bond donors (Lipinski definition) is 1. The lowest BCUT2D eigenvalue weighted by Crippen LogP contribution is -2.28. The quantitative estimate of drug-likeness (QED) is 0.781. The van der Waals surface area contributed by atoms with E-state index in [1.165, 1.54) is 0 Å². The third kappa shape index (κ3) is 1.79. The first-order valence-corrected chi connectivity index (χ1v) is 5.29. The summed E-state index contributed by atoms with van der Waals surface area (Å²) in [7, 11) is 0. The Kier molecular flexibility index (Phi) is 2.57. The predicted molar refractivity (Wildman–Crippen MR) is 61.7 cm³/mol. The van der Waals surface area contributed by atoms with Gasteiger partial charge in [0.25, 0.3) is 0 Å². The highest BCUT2D eigenvalue weighted by Gasteiger charge is 2.24. The Labute approximate surface area is 94.0 Å². The van der Waals surface area contributed by atoms with E-state index in [1.807, 2.05) is 26.0 Å². The van der Waals surface area contributed by atoms with Gasteiger partial charge in [0, 0.05) is 13.1 Å². The van der Waals surface area contributed by atoms with Gasteiger partial charge in [0.1, 0.15) is 0 Å². The maximum Gasteiger partial charge on any atom is 0.322 e. The van der Waals surface area contributed by atoms with Crippen LogP contribution in [0.25, 0.3) is 0 Å². The number of carbonyl (C=O) groups excluding carboxylic acids is 1. The number of urea groups is 1. The zero-order valence-electron chi connectivity index (χ0n) is 8.80. The Morgan fingerprint density at radius 3 is 2.67 bits per heavy atom. The lowest BCUT2D eigenvalue weighted by molar-refractivity contribution is 0.252. The minimum Gasteiger partial charge on any atom is -0.336 e. The number of anilines is 1. The number of benzene rings is 1. The number of rotatable bonds is 1. The maximum absolute atomic E-state index is 11.5. The molecular formula is C11H13ClN2O. The zero-order valence-corrected chi connectivity index (χ0v) is 9.56. The Hall–Kier alpha value is -1.22. The monoisotopic (exact) mass is 224 g/mol. The van der Waals surface area contributed by atoms with Crippen molar-refractivity contribution in [1.82, 2.24) is 5.32 Å². The summed E-state index contributed by atoms with van der Waals surface area (Å²) in [5.74, 6) is 0. The fraction of sp³-hybridized carbons (Fsp3) is 0.364. The average molecular weight is 225 g/mol. The molecule has 1 heterocycles. The second kappa shape index (κ2) is 3.74. The number of carbonyl (C=O) groups is 1. The van der Waals surface area contributed by atoms with Crippen molar-refractivity contribution in [3.63, 3.8) is 0 Å². The van der Waals surface area contributed by atoms with Gasteiger partial charge < -0.3 is 5.32 Å². The van der Waals surface area contributed by atoms with Gasteiger partial charge in [-0.2, -0.15) is 0 Å². The molecule has 3 nitrogen and oxygen atoms in total. The molecule has 0 aliphatic carbocycles. The van der Waals surface area contributed by atoms with Crippen LogP contribution in [-0.2, 0) is 0 Å². The van der Waals surface area contributed by atoms with E-state index in [9.17, 15) is 4.79 Å². The molecule has 0 aromatic heterocycles. The van der Waals surface area contributed by atoms with Crippen LogP contribution in [0.3, 0.4) is 0 Å². The molecule has 15 heavy (non-hydrogen) atoms. The molecule has 0 bridgehead atoms. The molecule has 4 heteroatoms. The van der Waals surface area contributed by atoms with Crippen molar-refractivity contribution in [2.75, 3.05) is 18.0 Å². The van der Waals surface area contributed by atoms with Gasteiger partial charge in [-0.05, 0) is 31.0 Å². The minimum absolute atomic E-state index is 0.0659. The Bertz CT molecular complexity index is 394. The molecule has 80 valence electrons. The highest BCUT2D eigenvalue weighted by molar-refractivity contribution is 6.34. The molecule has 1 aliphatic rings. The number of nitrogens with one attached hydrogen (secondary N) is 1. The number of hydrogen-bond acceptors (Lipinski definition) is 1. The molecule has 2 rings (SSSR count). The molecule has 1 fully saturated rings. The largest absolute Gasteiger partial charge is 0.336 e. The SMILES string of the molecule is Cc1cc(C)c(N2CCNC2=O)c(Cl)c1. The number of nitrogens with zero attached hydrogens (tertiary/aromatic N) is 1. The van der Waals surface area contributed by atoms with Crippen LogP contribution in [0.4, 0.5) is 10.5 Å². The van der Waals surface area contributed by atoms with Crippen molar-refractivity contribution < 1.29 is 4.79 Å². The van der Waals surface area contributed by atoms with Crippen molar-refractivity contribution in [1.29, 1.82) is 0 Å². The van der Waals surface area contributed by atoms with E-state index in [-0.39, 0.29) is 6.03 Å². The second-order valence-corrected chi connectivity index (χ2v) is 4.20. The first kappa shape index (κ1) is 10.3. The molecule has 0 unspecified atom stereocenters. The molecule has 0 radical (unpaired) electrons. The molecule has 1 aromatic carbocycles. The molecule has 0 spiro atoms. The smallest absolute Gasteiger partial charge is 0.322 e. The second-order valence-electron chi connectivity index (χ2n) is 3.80. The third-order valence-electron chi connectivity index (χ3n) is 2.53. The van der Waals surface area contributed by atoms with E-state index >= 15 is 0 Å². The molecule has 0 saturated carbocycles. The van der Waals surface area contributed by atoms with Crippen molar-refractivity contribution in [2.24, 2.45) is 0 Å². The van der Waals surface area contributed by atoms with Crippen molar-refractivity contribution >= 4 is 23.3 Å². The summed E-state index contributed by atoms with van der Waals surface area (Å²) in [6, 6.07) is 3.85. The van der Waals surface area contributed by atoms with Gasteiger partial charge in [0.2, 0.25) is 0 Å². The Morgan fingerprint density at radius 2 is 2.13 bits per heavy atom. The number of amides is 2. The highest BCUT2D eigenvalue weighted by atomic mass is 35.5. The van der Waals surface area contributed by atoms with E-state index < -0.39 is 0 Å².